The second-order valence-corrected chi connectivity index (χ2v) is 6.95. The zero-order valence-corrected chi connectivity index (χ0v) is 12.4. The summed E-state index contributed by atoms with van der Waals surface area (Å²) in [6.07, 6.45) is 2.77. The van der Waals surface area contributed by atoms with Gasteiger partial charge in [0, 0.05) is 6.04 Å². The Labute approximate surface area is 115 Å². The van der Waals surface area contributed by atoms with Gasteiger partial charge in [-0.25, -0.2) is 13.1 Å². The molecule has 1 aromatic carbocycles. The first-order valence-corrected chi connectivity index (χ1v) is 8.28. The van der Waals surface area contributed by atoms with Gasteiger partial charge in [0.2, 0.25) is 10.0 Å². The maximum absolute atomic E-state index is 12.5. The maximum atomic E-state index is 12.5. The molecule has 1 heterocycles. The minimum atomic E-state index is -3.41. The zero-order chi connectivity index (χ0) is 13.9. The molecule has 0 saturated carbocycles. The second-order valence-electron chi connectivity index (χ2n) is 5.27. The molecule has 1 aliphatic heterocycles. The van der Waals surface area contributed by atoms with E-state index in [1.54, 1.807) is 6.07 Å². The van der Waals surface area contributed by atoms with Crippen LogP contribution in [0.15, 0.2) is 23.1 Å². The lowest BCUT2D eigenvalue weighted by atomic mass is 10.1. The van der Waals surface area contributed by atoms with Crippen LogP contribution < -0.4 is 10.0 Å². The molecule has 1 unspecified atom stereocenters. The van der Waals surface area contributed by atoms with E-state index in [1.165, 1.54) is 0 Å². The molecule has 0 spiro atoms. The van der Waals surface area contributed by atoms with Gasteiger partial charge in [0.05, 0.1) is 4.90 Å². The van der Waals surface area contributed by atoms with Gasteiger partial charge >= 0.3 is 0 Å². The van der Waals surface area contributed by atoms with Crippen LogP contribution in [0.3, 0.4) is 0 Å². The summed E-state index contributed by atoms with van der Waals surface area (Å²) in [5.74, 6) is 0. The van der Waals surface area contributed by atoms with Gasteiger partial charge in [-0.1, -0.05) is 12.1 Å². The van der Waals surface area contributed by atoms with E-state index in [0.29, 0.717) is 4.90 Å². The van der Waals surface area contributed by atoms with E-state index in [2.05, 4.69) is 10.0 Å². The Morgan fingerprint density at radius 3 is 2.79 bits per heavy atom. The summed E-state index contributed by atoms with van der Waals surface area (Å²) in [5.41, 5.74) is 1.76. The van der Waals surface area contributed by atoms with Crippen LogP contribution >= 0.6 is 0 Å². The van der Waals surface area contributed by atoms with E-state index < -0.39 is 10.0 Å². The van der Waals surface area contributed by atoms with Crippen molar-refractivity contribution in [3.63, 3.8) is 0 Å². The third-order valence-corrected chi connectivity index (χ3v) is 5.19. The van der Waals surface area contributed by atoms with E-state index in [1.807, 2.05) is 26.0 Å². The minimum Gasteiger partial charge on any atom is -0.317 e. The average molecular weight is 282 g/mol. The Morgan fingerprint density at radius 1 is 1.21 bits per heavy atom. The smallest absolute Gasteiger partial charge is 0.241 e. The Balaban J connectivity index is 2.19. The Bertz CT molecular complexity index is 532. The monoisotopic (exact) mass is 282 g/mol. The summed E-state index contributed by atoms with van der Waals surface area (Å²) < 4.78 is 27.8. The van der Waals surface area contributed by atoms with E-state index in [9.17, 15) is 8.42 Å². The molecular formula is C14H22N2O2S. The summed E-state index contributed by atoms with van der Waals surface area (Å²) in [5, 5.41) is 3.29. The summed E-state index contributed by atoms with van der Waals surface area (Å²) >= 11 is 0. The van der Waals surface area contributed by atoms with E-state index in [4.69, 9.17) is 0 Å². The highest BCUT2D eigenvalue weighted by atomic mass is 32.2. The van der Waals surface area contributed by atoms with Gasteiger partial charge in [-0.15, -0.1) is 0 Å². The summed E-state index contributed by atoms with van der Waals surface area (Å²) in [7, 11) is -3.41. The molecule has 19 heavy (non-hydrogen) atoms. The van der Waals surface area contributed by atoms with Crippen molar-refractivity contribution >= 4 is 10.0 Å². The number of aryl methyl sites for hydroxylation is 2. The molecule has 0 amide bonds. The van der Waals surface area contributed by atoms with Crippen LogP contribution in [0.1, 0.15) is 30.4 Å². The summed E-state index contributed by atoms with van der Waals surface area (Å²) in [4.78, 5) is 0.407. The Kier molecular flexibility index (Phi) is 4.60. The molecule has 1 atom stereocenters. The van der Waals surface area contributed by atoms with E-state index >= 15 is 0 Å². The summed E-state index contributed by atoms with van der Waals surface area (Å²) in [6.45, 7) is 5.60. The lowest BCUT2D eigenvalue weighted by Crippen LogP contribution is -2.35. The van der Waals surface area contributed by atoms with Crippen molar-refractivity contribution in [2.45, 2.75) is 44.0 Å². The molecule has 1 aromatic rings. The fraction of sp³-hybridized carbons (Fsp3) is 0.571. The van der Waals surface area contributed by atoms with E-state index in [0.717, 1.165) is 43.5 Å². The number of rotatable bonds is 3. The molecule has 5 heteroatoms. The predicted molar refractivity (Wildman–Crippen MR) is 76.7 cm³/mol. The van der Waals surface area contributed by atoms with Crippen LogP contribution in [0, 0.1) is 13.8 Å². The predicted octanol–water partition coefficient (Wildman–Crippen LogP) is 1.72. The van der Waals surface area contributed by atoms with Crippen LogP contribution in [0.25, 0.3) is 0 Å². The lowest BCUT2D eigenvalue weighted by molar-refractivity contribution is 0.517. The molecule has 1 fully saturated rings. The normalized spacial score (nSPS) is 21.1. The topological polar surface area (TPSA) is 58.2 Å². The van der Waals surface area contributed by atoms with Crippen LogP contribution in [0.4, 0.5) is 0 Å². The molecule has 0 bridgehead atoms. The number of benzene rings is 1. The van der Waals surface area contributed by atoms with Crippen LogP contribution in [-0.2, 0) is 10.0 Å². The first kappa shape index (κ1) is 14.5. The van der Waals surface area contributed by atoms with Crippen LogP contribution in [0.2, 0.25) is 0 Å². The van der Waals surface area contributed by atoms with Crippen molar-refractivity contribution in [3.05, 3.63) is 29.3 Å². The second kappa shape index (κ2) is 6.03. The molecule has 0 radical (unpaired) electrons. The van der Waals surface area contributed by atoms with Gasteiger partial charge in [0.25, 0.3) is 0 Å². The van der Waals surface area contributed by atoms with Crippen molar-refractivity contribution in [1.29, 1.82) is 0 Å². The van der Waals surface area contributed by atoms with Crippen molar-refractivity contribution in [2.24, 2.45) is 0 Å². The third kappa shape index (κ3) is 3.78. The highest BCUT2D eigenvalue weighted by molar-refractivity contribution is 7.89. The largest absolute Gasteiger partial charge is 0.317 e. The standard InChI is InChI=1S/C14H22N2O2S/c1-11-5-6-12(2)14(10-11)19(17,18)16-13-4-3-8-15-9-7-13/h5-6,10,13,15-16H,3-4,7-9H2,1-2H3. The Hall–Kier alpha value is -0.910. The fourth-order valence-corrected chi connectivity index (χ4v) is 4.05. The fourth-order valence-electron chi connectivity index (χ4n) is 2.42. The number of hydrogen-bond donors (Lipinski definition) is 2. The van der Waals surface area contributed by atoms with E-state index in [-0.39, 0.29) is 6.04 Å². The lowest BCUT2D eigenvalue weighted by Gasteiger charge is -2.17. The van der Waals surface area contributed by atoms with Crippen molar-refractivity contribution in [1.82, 2.24) is 10.0 Å². The molecule has 0 aromatic heterocycles. The molecule has 106 valence electrons. The summed E-state index contributed by atoms with van der Waals surface area (Å²) in [6, 6.07) is 5.58. The van der Waals surface area contributed by atoms with Gasteiger partial charge in [-0.3, -0.25) is 0 Å². The van der Waals surface area contributed by atoms with Gasteiger partial charge in [-0.2, -0.15) is 0 Å². The minimum absolute atomic E-state index is 0.0416. The average Bonchev–Trinajstić information content (AvgIpc) is 2.60. The molecule has 2 rings (SSSR count). The zero-order valence-electron chi connectivity index (χ0n) is 11.6. The Morgan fingerprint density at radius 2 is 2.00 bits per heavy atom. The van der Waals surface area contributed by atoms with Crippen molar-refractivity contribution in [3.8, 4) is 0 Å². The highest BCUT2D eigenvalue weighted by Crippen LogP contribution is 2.18. The first-order valence-electron chi connectivity index (χ1n) is 6.79. The maximum Gasteiger partial charge on any atom is 0.241 e. The molecule has 2 N–H and O–H groups in total. The first-order chi connectivity index (χ1) is 8.99. The number of sulfonamides is 1. The van der Waals surface area contributed by atoms with Gasteiger partial charge in [0.15, 0.2) is 0 Å². The van der Waals surface area contributed by atoms with Crippen LogP contribution in [0.5, 0.6) is 0 Å². The van der Waals surface area contributed by atoms with Crippen LogP contribution in [-0.4, -0.2) is 27.5 Å². The quantitative estimate of drug-likeness (QED) is 0.887. The van der Waals surface area contributed by atoms with Gasteiger partial charge in [-0.05, 0) is 63.4 Å². The molecule has 0 aliphatic carbocycles. The molecule has 1 aliphatic rings. The van der Waals surface area contributed by atoms with Crippen molar-refractivity contribution < 1.29 is 8.42 Å². The third-order valence-electron chi connectivity index (χ3n) is 3.53. The number of nitrogens with one attached hydrogen (secondary N) is 2. The number of hydrogen-bond acceptors (Lipinski definition) is 3. The SMILES string of the molecule is Cc1ccc(C)c(S(=O)(=O)NC2CCCNCC2)c1. The molecule has 4 nitrogen and oxygen atoms in total. The van der Waals surface area contributed by atoms with Gasteiger partial charge < -0.3 is 5.32 Å². The van der Waals surface area contributed by atoms with Crippen molar-refractivity contribution in [2.75, 3.05) is 13.1 Å². The highest BCUT2D eigenvalue weighted by Gasteiger charge is 2.22. The van der Waals surface area contributed by atoms with Gasteiger partial charge in [0.1, 0.15) is 0 Å². The molecule has 1 saturated heterocycles. The molecular weight excluding hydrogens is 260 g/mol.